The van der Waals surface area contributed by atoms with Crippen LogP contribution in [0, 0.1) is 0 Å². The first kappa shape index (κ1) is 78.1. The van der Waals surface area contributed by atoms with E-state index in [-0.39, 0.29) is 19.4 Å². The van der Waals surface area contributed by atoms with Gasteiger partial charge in [-0.15, -0.1) is 0 Å². The number of hydrogen-bond donors (Lipinski definition) is 6. The predicted molar refractivity (Wildman–Crippen MR) is 347 cm³/mol. The van der Waals surface area contributed by atoms with Gasteiger partial charge in [0, 0.05) is 6.42 Å². The Labute approximate surface area is 509 Å². The van der Waals surface area contributed by atoms with Gasteiger partial charge in [-0.3, -0.25) is 9.59 Å². The van der Waals surface area contributed by atoms with Crippen molar-refractivity contribution in [3.8, 4) is 0 Å². The molecule has 0 aromatic heterocycles. The van der Waals surface area contributed by atoms with Crippen LogP contribution in [0.2, 0.25) is 0 Å². The molecule has 1 aliphatic rings. The Morgan fingerprint density at radius 3 is 1.30 bits per heavy atom. The topological polar surface area (TPSA) is 175 Å². The largest absolute Gasteiger partial charge is 0.454 e. The average molecular weight is 1170 g/mol. The van der Waals surface area contributed by atoms with Gasteiger partial charge in [0.05, 0.1) is 25.4 Å². The zero-order chi connectivity index (χ0) is 60.3. The number of amides is 1. The number of aliphatic hydroxyl groups excluding tert-OH is 5. The Morgan fingerprint density at radius 1 is 0.482 bits per heavy atom. The van der Waals surface area contributed by atoms with E-state index in [0.29, 0.717) is 12.8 Å². The number of carbonyl (C=O) groups excluding carboxylic acids is 2. The van der Waals surface area contributed by atoms with Crippen LogP contribution in [-0.4, -0.2) is 99.6 Å². The second-order valence-electron chi connectivity index (χ2n) is 23.9. The molecule has 1 rings (SSSR count). The molecular formula is C72H129NO10. The minimum Gasteiger partial charge on any atom is -0.454 e. The van der Waals surface area contributed by atoms with Crippen LogP contribution in [-0.2, 0) is 23.8 Å². The highest BCUT2D eigenvalue weighted by Crippen LogP contribution is 2.26. The number of allylic oxidation sites excluding steroid dienone is 11. The first-order valence-corrected chi connectivity index (χ1v) is 34.7. The van der Waals surface area contributed by atoms with Crippen molar-refractivity contribution in [3.05, 3.63) is 72.9 Å². The molecule has 1 aliphatic heterocycles. The average Bonchev–Trinajstić information content (AvgIpc) is 3.52. The molecule has 83 heavy (non-hydrogen) atoms. The number of rotatable bonds is 59. The predicted octanol–water partition coefficient (Wildman–Crippen LogP) is 17.5. The molecule has 11 heteroatoms. The Kier molecular flexibility index (Phi) is 55.9. The lowest BCUT2D eigenvalue weighted by atomic mass is 9.99. The van der Waals surface area contributed by atoms with Crippen molar-refractivity contribution in [1.29, 1.82) is 0 Å². The SMILES string of the molecule is CC/C=C\C/C=C\C/C=C\C/C=C\C/C=C\CCCCCCCCC(O)C(=O)NC(COC1OC(CO)C(O)C(O)C1OC(=O)CCCCCCCCCCCCCCCCCCCCCCC)C(O)/C=C/CCCCCCCCCCC. The van der Waals surface area contributed by atoms with Gasteiger partial charge in [0.1, 0.15) is 24.4 Å². The molecule has 0 aromatic rings. The van der Waals surface area contributed by atoms with E-state index < -0.39 is 67.4 Å². The van der Waals surface area contributed by atoms with Crippen LogP contribution in [0.3, 0.4) is 0 Å². The molecule has 482 valence electrons. The van der Waals surface area contributed by atoms with Crippen molar-refractivity contribution in [2.75, 3.05) is 13.2 Å². The van der Waals surface area contributed by atoms with Crippen LogP contribution in [0.1, 0.15) is 310 Å². The Morgan fingerprint density at radius 2 is 0.867 bits per heavy atom. The molecule has 1 saturated heterocycles. The van der Waals surface area contributed by atoms with Gasteiger partial charge in [0.15, 0.2) is 12.4 Å². The summed E-state index contributed by atoms with van der Waals surface area (Å²) >= 11 is 0. The molecule has 0 aromatic carbocycles. The van der Waals surface area contributed by atoms with Crippen molar-refractivity contribution < 1.29 is 49.3 Å². The van der Waals surface area contributed by atoms with Gasteiger partial charge in [-0.05, 0) is 70.6 Å². The monoisotopic (exact) mass is 1170 g/mol. The van der Waals surface area contributed by atoms with Crippen LogP contribution in [0.5, 0.6) is 0 Å². The number of unbranched alkanes of at least 4 members (excludes halogenated alkanes) is 35. The minimum atomic E-state index is -1.62. The lowest BCUT2D eigenvalue weighted by molar-refractivity contribution is -0.305. The maximum Gasteiger partial charge on any atom is 0.306 e. The van der Waals surface area contributed by atoms with Gasteiger partial charge in [-0.1, -0.05) is 306 Å². The summed E-state index contributed by atoms with van der Waals surface area (Å²) in [5, 5.41) is 57.2. The summed E-state index contributed by atoms with van der Waals surface area (Å²) in [5.41, 5.74) is 0. The Bertz CT molecular complexity index is 1630. The number of hydrogen-bond acceptors (Lipinski definition) is 10. The van der Waals surface area contributed by atoms with E-state index in [1.54, 1.807) is 6.08 Å². The van der Waals surface area contributed by atoms with Crippen LogP contribution >= 0.6 is 0 Å². The quantitative estimate of drug-likeness (QED) is 0.0195. The zero-order valence-electron chi connectivity index (χ0n) is 53.6. The summed E-state index contributed by atoms with van der Waals surface area (Å²) in [5.74, 6) is -1.20. The fourth-order valence-corrected chi connectivity index (χ4v) is 10.7. The van der Waals surface area contributed by atoms with E-state index in [1.165, 1.54) is 154 Å². The van der Waals surface area contributed by atoms with Crippen LogP contribution in [0.4, 0.5) is 0 Å². The van der Waals surface area contributed by atoms with E-state index in [1.807, 2.05) is 6.08 Å². The van der Waals surface area contributed by atoms with E-state index in [4.69, 9.17) is 14.2 Å². The maximum atomic E-state index is 13.5. The highest BCUT2D eigenvalue weighted by molar-refractivity contribution is 5.80. The van der Waals surface area contributed by atoms with Crippen molar-refractivity contribution in [2.24, 2.45) is 0 Å². The normalized spacial score (nSPS) is 19.0. The Hall–Kier alpha value is -2.90. The van der Waals surface area contributed by atoms with Gasteiger partial charge in [-0.2, -0.15) is 0 Å². The van der Waals surface area contributed by atoms with Crippen molar-refractivity contribution in [2.45, 2.75) is 359 Å². The van der Waals surface area contributed by atoms with Gasteiger partial charge in [-0.25, -0.2) is 0 Å². The first-order valence-electron chi connectivity index (χ1n) is 34.7. The maximum absolute atomic E-state index is 13.5. The number of esters is 1. The smallest absolute Gasteiger partial charge is 0.306 e. The van der Waals surface area contributed by atoms with Crippen LogP contribution in [0.15, 0.2) is 72.9 Å². The van der Waals surface area contributed by atoms with Crippen molar-refractivity contribution in [3.63, 3.8) is 0 Å². The fraction of sp³-hybridized carbons (Fsp3) is 0.806. The number of aliphatic hydroxyl groups is 5. The second kappa shape index (κ2) is 59.4. The van der Waals surface area contributed by atoms with E-state index >= 15 is 0 Å². The molecule has 0 spiro atoms. The standard InChI is InChI=1S/C72H129NO10/c1-4-7-10-13-16-19-22-24-26-28-30-32-34-35-37-39-41-44-47-50-53-56-59-65(76)71(80)73-63(64(75)58-55-52-49-46-43-21-18-15-12-9-6-3)62-81-72-70(69(79)68(78)66(61-74)82-72)83-67(77)60-57-54-51-48-45-42-40-38-36-33-31-29-27-25-23-20-17-14-11-8-5-2/h7,10,16,19,24,26,30,32,35,37,55,58,63-66,68-70,72,74-76,78-79H,4-6,8-9,11-15,17-18,20-23,25,27-29,31,33-34,36,38-54,56-57,59-62H2,1-3H3,(H,73,80)/b10-7-,19-16-,26-24-,32-30-,37-35-,58-55+. The third-order valence-electron chi connectivity index (χ3n) is 16.1. The molecular weight excluding hydrogens is 1040 g/mol. The molecule has 0 bridgehead atoms. The molecule has 1 fully saturated rings. The molecule has 6 N–H and O–H groups in total. The molecule has 0 radical (unpaired) electrons. The number of nitrogens with one attached hydrogen (secondary N) is 1. The summed E-state index contributed by atoms with van der Waals surface area (Å²) < 4.78 is 17.7. The number of carbonyl (C=O) groups is 2. The molecule has 0 aliphatic carbocycles. The fourth-order valence-electron chi connectivity index (χ4n) is 10.7. The summed E-state index contributed by atoms with van der Waals surface area (Å²) in [7, 11) is 0. The van der Waals surface area contributed by atoms with E-state index in [2.05, 4.69) is 86.8 Å². The number of ether oxygens (including phenoxy) is 3. The molecule has 1 heterocycles. The molecule has 11 nitrogen and oxygen atoms in total. The highest BCUT2D eigenvalue weighted by Gasteiger charge is 2.47. The second-order valence-corrected chi connectivity index (χ2v) is 23.9. The Balaban J connectivity index is 2.59. The lowest BCUT2D eigenvalue weighted by Gasteiger charge is -2.41. The molecule has 0 saturated carbocycles. The first-order chi connectivity index (χ1) is 40.7. The molecule has 1 amide bonds. The molecule has 8 atom stereocenters. The summed E-state index contributed by atoms with van der Waals surface area (Å²) in [6.45, 7) is 5.70. The van der Waals surface area contributed by atoms with Gasteiger partial charge in [0.25, 0.3) is 0 Å². The summed E-state index contributed by atoms with van der Waals surface area (Å²) in [4.78, 5) is 26.6. The van der Waals surface area contributed by atoms with Crippen LogP contribution < -0.4 is 5.32 Å². The summed E-state index contributed by atoms with van der Waals surface area (Å²) in [6.07, 6.45) is 66.6. The van der Waals surface area contributed by atoms with E-state index in [0.717, 1.165) is 109 Å². The molecule has 8 unspecified atom stereocenters. The third kappa shape index (κ3) is 46.9. The lowest BCUT2D eigenvalue weighted by Crippen LogP contribution is -2.61. The van der Waals surface area contributed by atoms with Gasteiger partial charge < -0.3 is 45.1 Å². The van der Waals surface area contributed by atoms with E-state index in [9.17, 15) is 35.1 Å². The van der Waals surface area contributed by atoms with Crippen LogP contribution in [0.25, 0.3) is 0 Å². The van der Waals surface area contributed by atoms with Gasteiger partial charge >= 0.3 is 5.97 Å². The summed E-state index contributed by atoms with van der Waals surface area (Å²) in [6, 6.07) is -1.03. The van der Waals surface area contributed by atoms with Crippen molar-refractivity contribution in [1.82, 2.24) is 5.32 Å². The third-order valence-corrected chi connectivity index (χ3v) is 16.1. The van der Waals surface area contributed by atoms with Crippen molar-refractivity contribution >= 4 is 11.9 Å². The van der Waals surface area contributed by atoms with Gasteiger partial charge in [0.2, 0.25) is 5.91 Å². The highest BCUT2D eigenvalue weighted by atomic mass is 16.7. The minimum absolute atomic E-state index is 0.124. The zero-order valence-corrected chi connectivity index (χ0v) is 53.6.